The summed E-state index contributed by atoms with van der Waals surface area (Å²) in [5.74, 6) is 2.12. The quantitative estimate of drug-likeness (QED) is 0.442. The molecule has 2 saturated carbocycles. The van der Waals surface area contributed by atoms with Crippen LogP contribution in [0, 0.1) is 29.1 Å². The third kappa shape index (κ3) is 1.90. The van der Waals surface area contributed by atoms with E-state index in [0.717, 1.165) is 12.8 Å². The molecule has 0 heterocycles. The zero-order valence-corrected chi connectivity index (χ0v) is 12.9. The summed E-state index contributed by atoms with van der Waals surface area (Å²) >= 11 is 0. The SMILES string of the molecule is C#CC(C)(C)OC(=O)/C=C1\C(=O)[C@]2(C)CC[C@@H]1C2(C)C. The number of carbonyl (C=O) groups excluding carboxylic acids is 2. The van der Waals surface area contributed by atoms with Crippen molar-refractivity contribution in [1.82, 2.24) is 0 Å². The maximum atomic E-state index is 12.6. The number of ketones is 1. The van der Waals surface area contributed by atoms with Gasteiger partial charge >= 0.3 is 5.97 Å². The van der Waals surface area contributed by atoms with Crippen LogP contribution in [0.2, 0.25) is 0 Å². The van der Waals surface area contributed by atoms with E-state index in [0.29, 0.717) is 5.57 Å². The van der Waals surface area contributed by atoms with Crippen molar-refractivity contribution < 1.29 is 14.3 Å². The monoisotopic (exact) mass is 274 g/mol. The van der Waals surface area contributed by atoms with Crippen molar-refractivity contribution in [3.8, 4) is 12.3 Å². The molecule has 0 saturated heterocycles. The molecular weight excluding hydrogens is 252 g/mol. The highest BCUT2D eigenvalue weighted by Gasteiger charge is 2.64. The maximum absolute atomic E-state index is 12.6. The van der Waals surface area contributed by atoms with Gasteiger partial charge in [-0.25, -0.2) is 4.79 Å². The lowest BCUT2D eigenvalue weighted by atomic mass is 9.70. The van der Waals surface area contributed by atoms with Crippen LogP contribution < -0.4 is 0 Å². The molecule has 2 rings (SSSR count). The Morgan fingerprint density at radius 2 is 2.05 bits per heavy atom. The third-order valence-electron chi connectivity index (χ3n) is 5.34. The lowest BCUT2D eigenvalue weighted by molar-refractivity contribution is -0.145. The van der Waals surface area contributed by atoms with Gasteiger partial charge in [-0.05, 0) is 38.0 Å². The topological polar surface area (TPSA) is 43.4 Å². The lowest BCUT2D eigenvalue weighted by Gasteiger charge is -2.31. The van der Waals surface area contributed by atoms with Crippen molar-refractivity contribution in [3.63, 3.8) is 0 Å². The Bertz CT molecular complexity index is 545. The van der Waals surface area contributed by atoms with Crippen molar-refractivity contribution >= 4 is 11.8 Å². The van der Waals surface area contributed by atoms with Crippen LogP contribution in [-0.4, -0.2) is 17.4 Å². The summed E-state index contributed by atoms with van der Waals surface area (Å²) in [6.45, 7) is 9.53. The van der Waals surface area contributed by atoms with Gasteiger partial charge in [-0.3, -0.25) is 4.79 Å². The van der Waals surface area contributed by atoms with E-state index in [9.17, 15) is 9.59 Å². The molecular formula is C17H22O3. The number of ether oxygens (including phenoxy) is 1. The molecule has 2 fully saturated rings. The summed E-state index contributed by atoms with van der Waals surface area (Å²) < 4.78 is 5.20. The molecule has 3 nitrogen and oxygen atoms in total. The van der Waals surface area contributed by atoms with Crippen LogP contribution in [0.15, 0.2) is 11.6 Å². The van der Waals surface area contributed by atoms with Crippen molar-refractivity contribution in [1.29, 1.82) is 0 Å². The summed E-state index contributed by atoms with van der Waals surface area (Å²) in [5, 5.41) is 0. The average molecular weight is 274 g/mol. The zero-order chi connectivity index (χ0) is 15.3. The van der Waals surface area contributed by atoms with Gasteiger partial charge in [0.2, 0.25) is 0 Å². The molecule has 2 aliphatic rings. The number of fused-ring (bicyclic) bond motifs is 2. The summed E-state index contributed by atoms with van der Waals surface area (Å²) in [7, 11) is 0. The van der Waals surface area contributed by atoms with Crippen LogP contribution in [-0.2, 0) is 14.3 Å². The molecule has 20 heavy (non-hydrogen) atoms. The Morgan fingerprint density at radius 3 is 2.50 bits per heavy atom. The van der Waals surface area contributed by atoms with Crippen LogP contribution >= 0.6 is 0 Å². The normalized spacial score (nSPS) is 33.3. The van der Waals surface area contributed by atoms with Gasteiger partial charge in [-0.15, -0.1) is 6.42 Å². The first kappa shape index (κ1) is 14.8. The van der Waals surface area contributed by atoms with E-state index in [1.807, 2.05) is 6.92 Å². The number of rotatable bonds is 2. The van der Waals surface area contributed by atoms with Crippen LogP contribution in [0.25, 0.3) is 0 Å². The number of carbonyl (C=O) groups is 2. The van der Waals surface area contributed by atoms with Gasteiger partial charge in [0.15, 0.2) is 11.4 Å². The van der Waals surface area contributed by atoms with E-state index in [4.69, 9.17) is 11.2 Å². The molecule has 108 valence electrons. The molecule has 0 radical (unpaired) electrons. The molecule has 2 aliphatic carbocycles. The summed E-state index contributed by atoms with van der Waals surface area (Å²) in [5.41, 5.74) is -0.793. The first-order valence-electron chi connectivity index (χ1n) is 7.02. The number of hydrogen-bond acceptors (Lipinski definition) is 3. The summed E-state index contributed by atoms with van der Waals surface area (Å²) in [6.07, 6.45) is 8.51. The number of esters is 1. The highest BCUT2D eigenvalue weighted by Crippen LogP contribution is 2.65. The van der Waals surface area contributed by atoms with Crippen LogP contribution in [0.4, 0.5) is 0 Å². The first-order chi connectivity index (χ1) is 9.05. The Labute approximate surface area is 120 Å². The smallest absolute Gasteiger partial charge is 0.332 e. The van der Waals surface area contributed by atoms with Gasteiger partial charge in [0.25, 0.3) is 0 Å². The van der Waals surface area contributed by atoms with E-state index in [1.54, 1.807) is 13.8 Å². The van der Waals surface area contributed by atoms with Crippen LogP contribution in [0.3, 0.4) is 0 Å². The molecule has 2 atom stereocenters. The van der Waals surface area contributed by atoms with Gasteiger partial charge in [0.1, 0.15) is 0 Å². The van der Waals surface area contributed by atoms with E-state index >= 15 is 0 Å². The maximum Gasteiger partial charge on any atom is 0.332 e. The highest BCUT2D eigenvalue weighted by atomic mass is 16.6. The fourth-order valence-corrected chi connectivity index (χ4v) is 3.53. The van der Waals surface area contributed by atoms with Crippen molar-refractivity contribution in [3.05, 3.63) is 11.6 Å². The van der Waals surface area contributed by atoms with Gasteiger partial charge in [-0.2, -0.15) is 0 Å². The summed E-state index contributed by atoms with van der Waals surface area (Å²) in [4.78, 5) is 24.5. The average Bonchev–Trinajstić information content (AvgIpc) is 2.63. The molecule has 0 N–H and O–H groups in total. The largest absolute Gasteiger partial charge is 0.443 e. The van der Waals surface area contributed by atoms with E-state index in [1.165, 1.54) is 6.08 Å². The Kier molecular flexibility index (Phi) is 3.13. The second-order valence-electron chi connectivity index (χ2n) is 7.15. The minimum absolute atomic E-state index is 0.0919. The predicted molar refractivity (Wildman–Crippen MR) is 76.7 cm³/mol. The minimum atomic E-state index is -0.950. The van der Waals surface area contributed by atoms with Gasteiger partial charge < -0.3 is 4.74 Å². The number of terminal acetylenes is 1. The van der Waals surface area contributed by atoms with Crippen LogP contribution in [0.1, 0.15) is 47.5 Å². The minimum Gasteiger partial charge on any atom is -0.443 e. The molecule has 0 aromatic heterocycles. The van der Waals surface area contributed by atoms with Crippen molar-refractivity contribution in [2.75, 3.05) is 0 Å². The third-order valence-corrected chi connectivity index (χ3v) is 5.34. The molecule has 0 spiro atoms. The van der Waals surface area contributed by atoms with E-state index < -0.39 is 11.6 Å². The molecule has 0 aromatic rings. The molecule has 0 amide bonds. The standard InChI is InChI=1S/C17H22O3/c1-7-15(2,3)20-13(18)10-11-12-8-9-17(6,14(11)19)16(12,4)5/h1,10,12H,8-9H2,2-6H3/b11-10-/t12-,17-/m0/s1. The van der Waals surface area contributed by atoms with Gasteiger partial charge in [0.05, 0.1) is 0 Å². The zero-order valence-electron chi connectivity index (χ0n) is 12.9. The van der Waals surface area contributed by atoms with E-state index in [2.05, 4.69) is 19.8 Å². The number of allylic oxidation sites excluding steroid dienone is 1. The lowest BCUT2D eigenvalue weighted by Crippen LogP contribution is -2.32. The Morgan fingerprint density at radius 1 is 1.45 bits per heavy atom. The number of Topliss-reactive ketones (excluding diaryl/α,β-unsaturated/α-hetero) is 1. The second kappa shape index (κ2) is 4.22. The van der Waals surface area contributed by atoms with Gasteiger partial charge in [-0.1, -0.05) is 26.7 Å². The Balaban J connectivity index is 2.28. The Hall–Kier alpha value is -1.56. The van der Waals surface area contributed by atoms with Crippen molar-refractivity contribution in [2.24, 2.45) is 16.7 Å². The fourth-order valence-electron chi connectivity index (χ4n) is 3.53. The molecule has 0 aliphatic heterocycles. The summed E-state index contributed by atoms with van der Waals surface area (Å²) in [6, 6.07) is 0. The fraction of sp³-hybridized carbons (Fsp3) is 0.647. The van der Waals surface area contributed by atoms with E-state index in [-0.39, 0.29) is 22.5 Å². The molecule has 0 unspecified atom stereocenters. The first-order valence-corrected chi connectivity index (χ1v) is 7.02. The number of hydrogen-bond donors (Lipinski definition) is 0. The molecule has 2 bridgehead atoms. The predicted octanol–water partition coefficient (Wildman–Crippen LogP) is 2.89. The van der Waals surface area contributed by atoms with Gasteiger partial charge in [0, 0.05) is 17.1 Å². The second-order valence-corrected chi connectivity index (χ2v) is 7.15. The van der Waals surface area contributed by atoms with Crippen molar-refractivity contribution in [2.45, 2.75) is 53.1 Å². The van der Waals surface area contributed by atoms with Crippen LogP contribution in [0.5, 0.6) is 0 Å². The molecule has 3 heteroatoms. The molecule has 0 aromatic carbocycles. The highest BCUT2D eigenvalue weighted by molar-refractivity contribution is 6.08.